The number of rotatable bonds is 4. The topological polar surface area (TPSA) is 68.5 Å². The molecule has 29 heavy (non-hydrogen) atoms. The van der Waals surface area contributed by atoms with Crippen LogP contribution >= 0.6 is 11.6 Å². The Labute approximate surface area is 180 Å². The molecule has 0 bridgehead atoms. The molecule has 1 aliphatic heterocycles. The van der Waals surface area contributed by atoms with Crippen LogP contribution in [0, 0.1) is 29.1 Å². The van der Waals surface area contributed by atoms with E-state index in [4.69, 9.17) is 16.6 Å². The lowest BCUT2D eigenvalue weighted by Crippen LogP contribution is -2.61. The van der Waals surface area contributed by atoms with Crippen LogP contribution in [0.25, 0.3) is 0 Å². The number of halogens is 1. The Morgan fingerprint density at radius 3 is 2.66 bits per heavy atom. The molecule has 0 spiro atoms. The first-order valence-electron chi connectivity index (χ1n) is 11.6. The number of hydrogen-bond acceptors (Lipinski definition) is 4. The summed E-state index contributed by atoms with van der Waals surface area (Å²) in [5, 5.41) is 13.0. The van der Waals surface area contributed by atoms with Gasteiger partial charge in [-0.05, 0) is 83.0 Å². The lowest BCUT2D eigenvalue weighted by Gasteiger charge is -2.51. The number of alkyl halides is 1. The van der Waals surface area contributed by atoms with Gasteiger partial charge in [-0.25, -0.2) is 4.99 Å². The lowest BCUT2D eigenvalue weighted by molar-refractivity contribution is -0.121. The molecule has 0 saturated heterocycles. The molecule has 4 atom stereocenters. The highest BCUT2D eigenvalue weighted by atomic mass is 35.5. The minimum absolute atomic E-state index is 0.0766. The van der Waals surface area contributed by atoms with Crippen molar-refractivity contribution in [2.24, 2.45) is 22.7 Å². The highest BCUT2D eigenvalue weighted by Crippen LogP contribution is 2.45. The Balaban J connectivity index is 1.41. The molecule has 1 heterocycles. The number of hydrogen-bond donors (Lipinski definition) is 1. The third-order valence-corrected chi connectivity index (χ3v) is 8.53. The van der Waals surface area contributed by atoms with Crippen molar-refractivity contribution in [3.05, 3.63) is 0 Å². The average Bonchev–Trinajstić information content (AvgIpc) is 3.03. The summed E-state index contributed by atoms with van der Waals surface area (Å²) in [5.74, 6) is 1.96. The number of carbonyl (C=O) groups excluding carboxylic acids is 1. The van der Waals surface area contributed by atoms with Gasteiger partial charge in [0.15, 0.2) is 0 Å². The number of nitrogens with zero attached hydrogens (tertiary/aromatic N) is 3. The average molecular weight is 419 g/mol. The van der Waals surface area contributed by atoms with Crippen molar-refractivity contribution in [1.82, 2.24) is 10.2 Å². The molecule has 4 aliphatic rings. The van der Waals surface area contributed by atoms with Crippen molar-refractivity contribution < 1.29 is 4.79 Å². The number of amides is 1. The summed E-state index contributed by atoms with van der Waals surface area (Å²) in [4.78, 5) is 20.3. The first kappa shape index (κ1) is 21.0. The van der Waals surface area contributed by atoms with Crippen molar-refractivity contribution in [3.63, 3.8) is 0 Å². The Morgan fingerprint density at radius 1 is 1.31 bits per heavy atom. The fourth-order valence-corrected chi connectivity index (χ4v) is 6.26. The normalized spacial score (nSPS) is 37.0. The molecule has 3 fully saturated rings. The molecule has 6 heteroatoms. The molecule has 0 aromatic rings. The van der Waals surface area contributed by atoms with Gasteiger partial charge in [0.2, 0.25) is 11.9 Å². The molecule has 3 aliphatic carbocycles. The maximum atomic E-state index is 12.9. The van der Waals surface area contributed by atoms with Gasteiger partial charge in [-0.15, -0.1) is 11.6 Å². The van der Waals surface area contributed by atoms with Gasteiger partial charge in [0.25, 0.3) is 0 Å². The number of nitriles is 1. The molecule has 0 aromatic heterocycles. The van der Waals surface area contributed by atoms with Crippen molar-refractivity contribution in [1.29, 1.82) is 5.26 Å². The summed E-state index contributed by atoms with van der Waals surface area (Å²) in [6.45, 7) is 4.50. The van der Waals surface area contributed by atoms with E-state index in [1.807, 2.05) is 0 Å². The molecule has 1 amide bonds. The fourth-order valence-electron chi connectivity index (χ4n) is 6.01. The van der Waals surface area contributed by atoms with Crippen LogP contribution in [0.4, 0.5) is 0 Å². The minimum Gasteiger partial charge on any atom is -0.332 e. The maximum Gasteiger partial charge on any atom is 0.226 e. The first-order chi connectivity index (χ1) is 13.9. The zero-order valence-electron chi connectivity index (χ0n) is 17.9. The van der Waals surface area contributed by atoms with Crippen LogP contribution in [-0.2, 0) is 4.79 Å². The van der Waals surface area contributed by atoms with Crippen LogP contribution < -0.4 is 5.32 Å². The van der Waals surface area contributed by atoms with Crippen molar-refractivity contribution in [2.45, 2.75) is 107 Å². The van der Waals surface area contributed by atoms with Crippen LogP contribution in [0.1, 0.15) is 84.5 Å². The van der Waals surface area contributed by atoms with Crippen molar-refractivity contribution in [2.75, 3.05) is 0 Å². The summed E-state index contributed by atoms with van der Waals surface area (Å²) in [5.41, 5.74) is 0.0766. The van der Waals surface area contributed by atoms with Gasteiger partial charge in [-0.3, -0.25) is 10.1 Å². The van der Waals surface area contributed by atoms with Crippen LogP contribution in [0.2, 0.25) is 0 Å². The molecule has 1 N–H and O–H groups in total. The second kappa shape index (κ2) is 8.46. The quantitative estimate of drug-likeness (QED) is 0.678. The molecule has 0 radical (unpaired) electrons. The van der Waals surface area contributed by atoms with E-state index >= 15 is 0 Å². The number of aliphatic imine (C=N–C) groups is 1. The standard InChI is InChI=1S/C23H35ClN4O/c1-15(17-5-7-18(24)8-6-17)12-21(29)27-22-26-19-9-4-16(14-25)13-20(19)28(22)23(2)10-3-11-23/h15-20H,3-13H2,1-2H3,(H,26,27,29)/t15-,16?,17?,18?,19?,20?/m1/s1. The number of carbonyl (C=O) groups is 1. The highest BCUT2D eigenvalue weighted by Gasteiger charge is 2.50. The van der Waals surface area contributed by atoms with E-state index in [9.17, 15) is 10.1 Å². The zero-order chi connectivity index (χ0) is 20.6. The summed E-state index contributed by atoms with van der Waals surface area (Å²) in [6.07, 6.45) is 11.2. The smallest absolute Gasteiger partial charge is 0.226 e. The summed E-state index contributed by atoms with van der Waals surface area (Å²) < 4.78 is 0. The summed E-state index contributed by atoms with van der Waals surface area (Å²) in [6, 6.07) is 2.97. The van der Waals surface area contributed by atoms with Crippen molar-refractivity contribution in [3.8, 4) is 6.07 Å². The molecule has 160 valence electrons. The number of fused-ring (bicyclic) bond motifs is 1. The summed E-state index contributed by atoms with van der Waals surface area (Å²) >= 11 is 6.24. The Kier molecular flexibility index (Phi) is 6.11. The highest BCUT2D eigenvalue weighted by molar-refractivity contribution is 6.20. The molecule has 0 aromatic carbocycles. The monoisotopic (exact) mass is 418 g/mol. The largest absolute Gasteiger partial charge is 0.332 e. The van der Waals surface area contributed by atoms with Crippen LogP contribution in [-0.4, -0.2) is 39.8 Å². The van der Waals surface area contributed by atoms with Gasteiger partial charge in [0, 0.05) is 23.3 Å². The first-order valence-corrected chi connectivity index (χ1v) is 12.0. The van der Waals surface area contributed by atoms with Gasteiger partial charge in [0.1, 0.15) is 0 Å². The van der Waals surface area contributed by atoms with Gasteiger partial charge in [-0.2, -0.15) is 5.26 Å². The second-order valence-electron chi connectivity index (χ2n) is 10.2. The van der Waals surface area contributed by atoms with Gasteiger partial charge < -0.3 is 4.90 Å². The zero-order valence-corrected chi connectivity index (χ0v) is 18.6. The predicted octanol–water partition coefficient (Wildman–Crippen LogP) is 4.60. The van der Waals surface area contributed by atoms with E-state index in [2.05, 4.69) is 30.1 Å². The van der Waals surface area contributed by atoms with E-state index in [0.29, 0.717) is 23.6 Å². The Morgan fingerprint density at radius 2 is 2.03 bits per heavy atom. The Bertz CT molecular complexity index is 689. The van der Waals surface area contributed by atoms with E-state index in [1.54, 1.807) is 0 Å². The second-order valence-corrected chi connectivity index (χ2v) is 10.8. The molecule has 3 saturated carbocycles. The van der Waals surface area contributed by atoms with Gasteiger partial charge in [-0.1, -0.05) is 6.92 Å². The van der Waals surface area contributed by atoms with E-state index in [1.165, 1.54) is 6.42 Å². The van der Waals surface area contributed by atoms with Gasteiger partial charge in [0.05, 0.1) is 18.2 Å². The minimum atomic E-state index is 0.0766. The van der Waals surface area contributed by atoms with Crippen LogP contribution in [0.5, 0.6) is 0 Å². The van der Waals surface area contributed by atoms with Crippen LogP contribution in [0.15, 0.2) is 4.99 Å². The van der Waals surface area contributed by atoms with E-state index < -0.39 is 0 Å². The third kappa shape index (κ3) is 4.29. The van der Waals surface area contributed by atoms with Gasteiger partial charge >= 0.3 is 0 Å². The molecular formula is C23H35ClN4O. The van der Waals surface area contributed by atoms with Crippen molar-refractivity contribution >= 4 is 23.5 Å². The summed E-state index contributed by atoms with van der Waals surface area (Å²) in [7, 11) is 0. The Hall–Kier alpha value is -1.28. The van der Waals surface area contributed by atoms with E-state index in [-0.39, 0.29) is 29.4 Å². The molecular weight excluding hydrogens is 384 g/mol. The third-order valence-electron chi connectivity index (χ3n) is 8.09. The van der Waals surface area contributed by atoms with Crippen LogP contribution in [0.3, 0.4) is 0 Å². The SMILES string of the molecule is C[C@H](CC(=O)NC1=NC2CCC(C#N)CC2N1C1(C)CCC1)C1CCC(Cl)CC1. The molecule has 3 unspecified atom stereocenters. The fraction of sp³-hybridized carbons (Fsp3) is 0.870. The molecule has 5 nitrogen and oxygen atoms in total. The lowest BCUT2D eigenvalue weighted by atomic mass is 9.74. The number of nitrogens with one attached hydrogen (secondary N) is 1. The molecule has 4 rings (SSSR count). The predicted molar refractivity (Wildman–Crippen MR) is 116 cm³/mol. The maximum absolute atomic E-state index is 12.9. The van der Waals surface area contributed by atoms with E-state index in [0.717, 1.165) is 63.7 Å². The number of guanidine groups is 1.